The van der Waals surface area contributed by atoms with Gasteiger partial charge in [-0.2, -0.15) is 0 Å². The summed E-state index contributed by atoms with van der Waals surface area (Å²) in [7, 11) is 1.27. The monoisotopic (exact) mass is 276 g/mol. The van der Waals surface area contributed by atoms with Gasteiger partial charge >= 0.3 is 0 Å². The second-order valence-corrected chi connectivity index (χ2v) is 3.76. The molecule has 3 nitrogen and oxygen atoms in total. The smallest absolute Gasteiger partial charge is 0.196 e. The predicted molar refractivity (Wildman–Crippen MR) is 56.7 cm³/mol. The van der Waals surface area contributed by atoms with E-state index < -0.39 is 5.82 Å². The van der Waals surface area contributed by atoms with Crippen LogP contribution in [0, 0.1) is 5.82 Å². The van der Waals surface area contributed by atoms with Crippen LogP contribution in [0.4, 0.5) is 4.39 Å². The van der Waals surface area contributed by atoms with Crippen LogP contribution < -0.4 is 4.74 Å². The maximum Gasteiger partial charge on any atom is 0.196 e. The summed E-state index contributed by atoms with van der Waals surface area (Å²) in [6.07, 6.45) is 1.21. The second kappa shape index (κ2) is 5.11. The third kappa shape index (κ3) is 2.47. The maximum absolute atomic E-state index is 13.7. The van der Waals surface area contributed by atoms with Crippen molar-refractivity contribution in [1.82, 2.24) is 0 Å². The van der Waals surface area contributed by atoms with Crippen molar-refractivity contribution in [2.24, 2.45) is 0 Å². The Balaban J connectivity index is 3.19. The number of phenolic OH excluding ortho intramolecular Hbond substituents is 1. The topological polar surface area (TPSA) is 46.5 Å². The van der Waals surface area contributed by atoms with Crippen molar-refractivity contribution in [3.05, 3.63) is 21.9 Å². The van der Waals surface area contributed by atoms with Crippen LogP contribution in [0.3, 0.4) is 0 Å². The number of aromatic hydroxyl groups is 1. The number of hydrogen-bond donors (Lipinski definition) is 1. The third-order valence-corrected chi connectivity index (χ3v) is 2.67. The van der Waals surface area contributed by atoms with Gasteiger partial charge in [0.25, 0.3) is 0 Å². The van der Waals surface area contributed by atoms with Crippen molar-refractivity contribution in [2.75, 3.05) is 7.11 Å². The fraction of sp³-hybridized carbons (Fsp3) is 0.300. The lowest BCUT2D eigenvalue weighted by Crippen LogP contribution is -1.98. The molecule has 5 heteroatoms. The molecule has 82 valence electrons. The van der Waals surface area contributed by atoms with Crippen molar-refractivity contribution in [3.63, 3.8) is 0 Å². The van der Waals surface area contributed by atoms with Gasteiger partial charge in [-0.15, -0.1) is 0 Å². The average Bonchev–Trinajstić information content (AvgIpc) is 2.17. The highest BCUT2D eigenvalue weighted by Gasteiger charge is 2.17. The Bertz CT molecular complexity index is 379. The molecule has 0 aliphatic rings. The molecule has 0 aliphatic heterocycles. The Morgan fingerprint density at radius 1 is 1.67 bits per heavy atom. The molecule has 0 radical (unpaired) electrons. The number of methoxy groups -OCH3 is 1. The minimum atomic E-state index is -0.633. The Morgan fingerprint density at radius 3 is 2.87 bits per heavy atom. The van der Waals surface area contributed by atoms with E-state index in [4.69, 9.17) is 4.74 Å². The molecule has 0 spiro atoms. The molecule has 0 unspecified atom stereocenters. The number of ether oxygens (including phenoxy) is 1. The molecule has 0 fully saturated rings. The molecule has 0 atom stereocenters. The van der Waals surface area contributed by atoms with Gasteiger partial charge in [0, 0.05) is 16.5 Å². The van der Waals surface area contributed by atoms with Crippen LogP contribution in [0.5, 0.6) is 11.5 Å². The molecule has 0 aromatic heterocycles. The quantitative estimate of drug-likeness (QED) is 0.860. The number of carbonyl (C=O) groups excluding carboxylic acids is 1. The standard InChI is InChI=1S/C10H10BrFO3/c1-15-10-8(14)5-7(11)6(9(10)12)3-2-4-13/h4-5,14H,2-3H2,1H3. The van der Waals surface area contributed by atoms with Gasteiger partial charge in [0.15, 0.2) is 17.3 Å². The number of benzene rings is 1. The third-order valence-electron chi connectivity index (χ3n) is 1.96. The number of aldehydes is 1. The Morgan fingerprint density at radius 2 is 2.33 bits per heavy atom. The summed E-state index contributed by atoms with van der Waals surface area (Å²) in [5, 5.41) is 9.36. The van der Waals surface area contributed by atoms with E-state index in [1.54, 1.807) is 0 Å². The van der Waals surface area contributed by atoms with Crippen molar-refractivity contribution in [2.45, 2.75) is 12.8 Å². The number of halogens is 2. The first-order valence-corrected chi connectivity index (χ1v) is 5.08. The van der Waals surface area contributed by atoms with Crippen molar-refractivity contribution >= 4 is 22.2 Å². The lowest BCUT2D eigenvalue weighted by atomic mass is 10.1. The van der Waals surface area contributed by atoms with E-state index in [1.165, 1.54) is 13.2 Å². The zero-order valence-corrected chi connectivity index (χ0v) is 9.67. The summed E-state index contributed by atoms with van der Waals surface area (Å²) in [6, 6.07) is 1.35. The number of rotatable bonds is 4. The fourth-order valence-corrected chi connectivity index (χ4v) is 1.84. The summed E-state index contributed by atoms with van der Waals surface area (Å²) < 4.78 is 18.8. The Hall–Kier alpha value is -1.10. The van der Waals surface area contributed by atoms with E-state index in [0.29, 0.717) is 16.3 Å². The van der Waals surface area contributed by atoms with Gasteiger partial charge in [-0.1, -0.05) is 15.9 Å². The zero-order chi connectivity index (χ0) is 11.4. The molecule has 0 amide bonds. The van der Waals surface area contributed by atoms with Crippen molar-refractivity contribution in [1.29, 1.82) is 0 Å². The molecule has 1 aromatic carbocycles. The molecule has 1 N–H and O–H groups in total. The minimum absolute atomic E-state index is 0.195. The van der Waals surface area contributed by atoms with Gasteiger partial charge in [0.1, 0.15) is 6.29 Å². The van der Waals surface area contributed by atoms with Gasteiger partial charge in [-0.25, -0.2) is 4.39 Å². The summed E-state index contributed by atoms with van der Waals surface area (Å²) >= 11 is 3.12. The van der Waals surface area contributed by atoms with E-state index >= 15 is 0 Å². The first kappa shape index (κ1) is 12.0. The van der Waals surface area contributed by atoms with Crippen LogP contribution in [-0.4, -0.2) is 18.5 Å². The Kier molecular flexibility index (Phi) is 4.08. The molecule has 1 rings (SSSR count). The molecular weight excluding hydrogens is 267 g/mol. The summed E-state index contributed by atoms with van der Waals surface area (Å²) in [5.41, 5.74) is 0.330. The van der Waals surface area contributed by atoms with Crippen LogP contribution in [0.25, 0.3) is 0 Å². The molecule has 0 aliphatic carbocycles. The van der Waals surface area contributed by atoms with Gasteiger partial charge in [-0.3, -0.25) is 0 Å². The minimum Gasteiger partial charge on any atom is -0.504 e. The van der Waals surface area contributed by atoms with Gasteiger partial charge in [0.05, 0.1) is 7.11 Å². The summed E-state index contributed by atoms with van der Waals surface area (Å²) in [5.74, 6) is -1.10. The van der Waals surface area contributed by atoms with E-state index in [9.17, 15) is 14.3 Å². The second-order valence-electron chi connectivity index (χ2n) is 2.91. The highest BCUT2D eigenvalue weighted by Crippen LogP contribution is 2.36. The molecule has 0 bridgehead atoms. The van der Waals surface area contributed by atoms with Crippen LogP contribution in [-0.2, 0) is 11.2 Å². The molecule has 15 heavy (non-hydrogen) atoms. The molecule has 1 aromatic rings. The molecule has 0 saturated heterocycles. The predicted octanol–water partition coefficient (Wildman–Crippen LogP) is 2.43. The zero-order valence-electron chi connectivity index (χ0n) is 8.09. The van der Waals surface area contributed by atoms with Gasteiger partial charge in [-0.05, 0) is 12.5 Å². The summed E-state index contributed by atoms with van der Waals surface area (Å²) in [6.45, 7) is 0. The highest BCUT2D eigenvalue weighted by molar-refractivity contribution is 9.10. The fourth-order valence-electron chi connectivity index (χ4n) is 1.25. The van der Waals surface area contributed by atoms with Crippen LogP contribution in [0.15, 0.2) is 10.5 Å². The first-order chi connectivity index (χ1) is 7.11. The van der Waals surface area contributed by atoms with E-state index in [1.807, 2.05) is 0 Å². The van der Waals surface area contributed by atoms with Crippen molar-refractivity contribution in [3.8, 4) is 11.5 Å². The summed E-state index contributed by atoms with van der Waals surface area (Å²) in [4.78, 5) is 10.2. The van der Waals surface area contributed by atoms with E-state index in [-0.39, 0.29) is 24.3 Å². The largest absolute Gasteiger partial charge is 0.504 e. The molecule has 0 heterocycles. The number of hydrogen-bond acceptors (Lipinski definition) is 3. The number of phenols is 1. The van der Waals surface area contributed by atoms with Crippen LogP contribution in [0.2, 0.25) is 0 Å². The first-order valence-electron chi connectivity index (χ1n) is 4.29. The van der Waals surface area contributed by atoms with Gasteiger partial charge < -0.3 is 14.6 Å². The van der Waals surface area contributed by atoms with Crippen LogP contribution in [0.1, 0.15) is 12.0 Å². The maximum atomic E-state index is 13.7. The Labute approximate surface area is 95.0 Å². The molecule has 0 saturated carbocycles. The average molecular weight is 277 g/mol. The SMILES string of the molecule is COc1c(O)cc(Br)c(CCC=O)c1F. The highest BCUT2D eigenvalue weighted by atomic mass is 79.9. The van der Waals surface area contributed by atoms with E-state index in [0.717, 1.165) is 0 Å². The lowest BCUT2D eigenvalue weighted by Gasteiger charge is -2.10. The molecular formula is C10H10BrFO3. The van der Waals surface area contributed by atoms with E-state index in [2.05, 4.69) is 15.9 Å². The van der Waals surface area contributed by atoms with Crippen molar-refractivity contribution < 1.29 is 19.0 Å². The van der Waals surface area contributed by atoms with Gasteiger partial charge in [0.2, 0.25) is 0 Å². The number of carbonyl (C=O) groups is 1. The lowest BCUT2D eigenvalue weighted by molar-refractivity contribution is -0.107. The normalized spacial score (nSPS) is 10.1. The van der Waals surface area contributed by atoms with Crippen LogP contribution >= 0.6 is 15.9 Å².